The SMILES string of the molecule is Cc1ccc(-n2c3nc4ccccc4nc3c3c(=O)n(Cc4ccccc4Cl)c(C)nc32)cc1Cl. The number of rotatable bonds is 3. The van der Waals surface area contributed by atoms with E-state index in [1.54, 1.807) is 4.57 Å². The first-order valence-corrected chi connectivity index (χ1v) is 11.9. The highest BCUT2D eigenvalue weighted by Gasteiger charge is 2.22. The molecule has 0 spiro atoms. The first-order chi connectivity index (χ1) is 16.9. The number of hydrogen-bond acceptors (Lipinski definition) is 4. The quantitative estimate of drug-likeness (QED) is 0.288. The Labute approximate surface area is 210 Å². The van der Waals surface area contributed by atoms with E-state index in [1.807, 2.05) is 85.1 Å². The summed E-state index contributed by atoms with van der Waals surface area (Å²) < 4.78 is 3.50. The van der Waals surface area contributed by atoms with Gasteiger partial charge in [0, 0.05) is 10.0 Å². The molecule has 8 heteroatoms. The van der Waals surface area contributed by atoms with Crippen molar-refractivity contribution in [1.29, 1.82) is 0 Å². The summed E-state index contributed by atoms with van der Waals surface area (Å²) in [6.45, 7) is 4.07. The van der Waals surface area contributed by atoms with Crippen molar-refractivity contribution < 1.29 is 0 Å². The summed E-state index contributed by atoms with van der Waals surface area (Å²) in [4.78, 5) is 28.6. The van der Waals surface area contributed by atoms with Crippen LogP contribution in [0.15, 0.2) is 71.5 Å². The predicted molar refractivity (Wildman–Crippen MR) is 141 cm³/mol. The van der Waals surface area contributed by atoms with Crippen LogP contribution in [0.4, 0.5) is 0 Å². The van der Waals surface area contributed by atoms with Crippen LogP contribution in [0.2, 0.25) is 10.0 Å². The molecule has 0 bridgehead atoms. The number of aryl methyl sites for hydroxylation is 2. The van der Waals surface area contributed by atoms with E-state index in [0.717, 1.165) is 22.3 Å². The summed E-state index contributed by atoms with van der Waals surface area (Å²) in [6.07, 6.45) is 0. The molecule has 3 heterocycles. The van der Waals surface area contributed by atoms with Crippen molar-refractivity contribution in [2.45, 2.75) is 20.4 Å². The molecular weight excluding hydrogens is 481 g/mol. The van der Waals surface area contributed by atoms with Gasteiger partial charge in [0.15, 0.2) is 11.3 Å². The Bertz CT molecular complexity index is 1860. The molecule has 35 heavy (non-hydrogen) atoms. The zero-order chi connectivity index (χ0) is 24.3. The van der Waals surface area contributed by atoms with Gasteiger partial charge in [-0.25, -0.2) is 15.0 Å². The highest BCUT2D eigenvalue weighted by Crippen LogP contribution is 2.30. The molecule has 3 aromatic heterocycles. The normalized spacial score (nSPS) is 11.7. The number of benzene rings is 3. The maximum atomic E-state index is 14.0. The molecule has 0 saturated heterocycles. The molecule has 0 aliphatic heterocycles. The van der Waals surface area contributed by atoms with Gasteiger partial charge >= 0.3 is 0 Å². The smallest absolute Gasteiger partial charge is 0.265 e. The van der Waals surface area contributed by atoms with Gasteiger partial charge in [-0.1, -0.05) is 59.6 Å². The van der Waals surface area contributed by atoms with Crippen molar-refractivity contribution in [2.24, 2.45) is 0 Å². The average Bonchev–Trinajstić information content (AvgIpc) is 3.16. The van der Waals surface area contributed by atoms with Crippen LogP contribution in [0.1, 0.15) is 17.0 Å². The van der Waals surface area contributed by atoms with Gasteiger partial charge in [0.25, 0.3) is 5.56 Å². The summed E-state index contributed by atoms with van der Waals surface area (Å²) in [7, 11) is 0. The topological polar surface area (TPSA) is 65.6 Å². The van der Waals surface area contributed by atoms with Crippen molar-refractivity contribution in [3.8, 4) is 5.69 Å². The average molecular weight is 500 g/mol. The van der Waals surface area contributed by atoms with E-state index in [2.05, 4.69) is 0 Å². The van der Waals surface area contributed by atoms with Crippen molar-refractivity contribution in [3.63, 3.8) is 0 Å². The van der Waals surface area contributed by atoms with Gasteiger partial charge in [-0.05, 0) is 55.3 Å². The molecule has 0 saturated carbocycles. The highest BCUT2D eigenvalue weighted by molar-refractivity contribution is 6.31. The van der Waals surface area contributed by atoms with Gasteiger partial charge in [-0.2, -0.15) is 0 Å². The molecule has 0 amide bonds. The fourth-order valence-electron chi connectivity index (χ4n) is 4.38. The number of nitrogens with zero attached hydrogens (tertiary/aromatic N) is 5. The Morgan fingerprint density at radius 3 is 2.26 bits per heavy atom. The highest BCUT2D eigenvalue weighted by atomic mass is 35.5. The summed E-state index contributed by atoms with van der Waals surface area (Å²) in [5.74, 6) is 0.564. The van der Waals surface area contributed by atoms with Crippen LogP contribution in [-0.4, -0.2) is 24.1 Å². The lowest BCUT2D eigenvalue weighted by atomic mass is 10.2. The first kappa shape index (κ1) is 21.8. The molecule has 0 N–H and O–H groups in total. The zero-order valence-electron chi connectivity index (χ0n) is 19.0. The Morgan fingerprint density at radius 2 is 1.51 bits per heavy atom. The third-order valence-corrected chi connectivity index (χ3v) is 7.03. The molecular formula is C27H19Cl2N5O. The van der Waals surface area contributed by atoms with Crippen molar-refractivity contribution in [1.82, 2.24) is 24.1 Å². The van der Waals surface area contributed by atoms with E-state index in [1.165, 1.54) is 0 Å². The van der Waals surface area contributed by atoms with Crippen LogP contribution in [0.5, 0.6) is 0 Å². The minimum absolute atomic E-state index is 0.195. The molecule has 3 aromatic carbocycles. The number of halogens is 2. The van der Waals surface area contributed by atoms with Crippen molar-refractivity contribution in [2.75, 3.05) is 0 Å². The largest absolute Gasteiger partial charge is 0.292 e. The van der Waals surface area contributed by atoms with Crippen LogP contribution in [0.25, 0.3) is 38.9 Å². The summed E-state index contributed by atoms with van der Waals surface area (Å²) in [5.41, 5.74) is 5.35. The van der Waals surface area contributed by atoms with Crippen LogP contribution in [0, 0.1) is 13.8 Å². The van der Waals surface area contributed by atoms with E-state index < -0.39 is 0 Å². The van der Waals surface area contributed by atoms with Crippen LogP contribution < -0.4 is 5.56 Å². The maximum Gasteiger partial charge on any atom is 0.265 e. The molecule has 0 fully saturated rings. The van der Waals surface area contributed by atoms with E-state index in [-0.39, 0.29) is 5.56 Å². The van der Waals surface area contributed by atoms with Gasteiger partial charge in [-0.3, -0.25) is 13.9 Å². The Morgan fingerprint density at radius 1 is 0.800 bits per heavy atom. The molecule has 0 aliphatic rings. The fraction of sp³-hybridized carbons (Fsp3) is 0.111. The van der Waals surface area contributed by atoms with E-state index in [0.29, 0.717) is 50.1 Å². The molecule has 0 radical (unpaired) electrons. The second-order valence-electron chi connectivity index (χ2n) is 8.49. The first-order valence-electron chi connectivity index (χ1n) is 11.1. The fourth-order valence-corrected chi connectivity index (χ4v) is 4.75. The molecule has 0 atom stereocenters. The Balaban J connectivity index is 1.73. The number of para-hydroxylation sites is 2. The molecule has 0 unspecified atom stereocenters. The van der Waals surface area contributed by atoms with E-state index >= 15 is 0 Å². The van der Waals surface area contributed by atoms with Crippen LogP contribution in [-0.2, 0) is 6.54 Å². The minimum atomic E-state index is -0.195. The lowest BCUT2D eigenvalue weighted by molar-refractivity contribution is 0.711. The summed E-state index contributed by atoms with van der Waals surface area (Å²) in [5, 5.41) is 1.63. The van der Waals surface area contributed by atoms with E-state index in [4.69, 9.17) is 38.2 Å². The Hall–Kier alpha value is -3.74. The monoisotopic (exact) mass is 499 g/mol. The standard InChI is InChI=1S/C27H19Cl2N5O/c1-15-11-12-18(13-20(15)29)34-25-23(24-26(34)32-22-10-6-5-9-21(22)31-24)27(35)33(16(2)30-25)14-17-7-3-4-8-19(17)28/h3-13H,14H2,1-2H3. The molecule has 172 valence electrons. The number of fused-ring (bicyclic) bond motifs is 4. The molecule has 0 aliphatic carbocycles. The molecule has 6 aromatic rings. The predicted octanol–water partition coefficient (Wildman–Crippen LogP) is 6.26. The molecule has 6 nitrogen and oxygen atoms in total. The zero-order valence-corrected chi connectivity index (χ0v) is 20.5. The summed E-state index contributed by atoms with van der Waals surface area (Å²) >= 11 is 12.9. The lowest BCUT2D eigenvalue weighted by Gasteiger charge is -2.12. The number of hydrogen-bond donors (Lipinski definition) is 0. The summed E-state index contributed by atoms with van der Waals surface area (Å²) in [6, 6.07) is 20.8. The van der Waals surface area contributed by atoms with Gasteiger partial charge in [0.05, 0.1) is 23.3 Å². The number of aromatic nitrogens is 5. The van der Waals surface area contributed by atoms with Gasteiger partial charge in [0.1, 0.15) is 16.7 Å². The third-order valence-electron chi connectivity index (χ3n) is 6.25. The van der Waals surface area contributed by atoms with Crippen molar-refractivity contribution >= 4 is 56.4 Å². The second kappa shape index (κ2) is 8.18. The van der Waals surface area contributed by atoms with Gasteiger partial charge < -0.3 is 0 Å². The lowest BCUT2D eigenvalue weighted by Crippen LogP contribution is -2.24. The Kier molecular flexibility index (Phi) is 5.09. The maximum absolute atomic E-state index is 14.0. The van der Waals surface area contributed by atoms with Crippen LogP contribution >= 0.6 is 23.2 Å². The van der Waals surface area contributed by atoms with Crippen LogP contribution in [0.3, 0.4) is 0 Å². The second-order valence-corrected chi connectivity index (χ2v) is 9.31. The molecule has 6 rings (SSSR count). The minimum Gasteiger partial charge on any atom is -0.292 e. The third kappa shape index (κ3) is 3.49. The van der Waals surface area contributed by atoms with Crippen molar-refractivity contribution in [3.05, 3.63) is 104 Å². The van der Waals surface area contributed by atoms with Gasteiger partial charge in [-0.15, -0.1) is 0 Å². The van der Waals surface area contributed by atoms with Gasteiger partial charge in [0.2, 0.25) is 0 Å². The van der Waals surface area contributed by atoms with E-state index in [9.17, 15) is 4.79 Å².